The predicted molar refractivity (Wildman–Crippen MR) is 387 cm³/mol. The van der Waals surface area contributed by atoms with E-state index >= 15 is 0 Å². The Bertz CT molecular complexity index is 3660. The van der Waals surface area contributed by atoms with Crippen LogP contribution in [-0.2, 0) is 17.1 Å². The monoisotopic (exact) mass is 1390 g/mol. The fourth-order valence-electron chi connectivity index (χ4n) is 10.5. The van der Waals surface area contributed by atoms with Crippen LogP contribution in [0.25, 0.3) is 0 Å². The zero-order valence-corrected chi connectivity index (χ0v) is 54.8. The van der Waals surface area contributed by atoms with Crippen LogP contribution in [0.5, 0.6) is 0 Å². The van der Waals surface area contributed by atoms with Gasteiger partial charge in [0.2, 0.25) is 14.8 Å². The van der Waals surface area contributed by atoms with Gasteiger partial charge in [-0.25, -0.2) is 0 Å². The van der Waals surface area contributed by atoms with Gasteiger partial charge < -0.3 is 61.3 Å². The van der Waals surface area contributed by atoms with Gasteiger partial charge in [0, 0.05) is 31.8 Å². The summed E-state index contributed by atoms with van der Waals surface area (Å²) in [5.74, 6) is 0. The van der Waals surface area contributed by atoms with Crippen LogP contribution >= 0.6 is 28.9 Å². The molecule has 0 amide bonds. The molecule has 12 aromatic carbocycles. The molecule has 0 bridgehead atoms. The van der Waals surface area contributed by atoms with Crippen LogP contribution in [0.4, 0.5) is 0 Å². The molecule has 0 aromatic heterocycles. The summed E-state index contributed by atoms with van der Waals surface area (Å²) in [5.41, 5.74) is 0. The second kappa shape index (κ2) is 37.1. The quantitative estimate of drug-likeness (QED) is 0.0425. The summed E-state index contributed by atoms with van der Waals surface area (Å²) < 4.78 is 12.8. The van der Waals surface area contributed by atoms with Gasteiger partial charge in [-0.3, -0.25) is 0 Å². The third-order valence-corrected chi connectivity index (χ3v) is 30.9. The predicted octanol–water partition coefficient (Wildman–Crippen LogP) is 13.2. The molecule has 1 radical (unpaired) electrons. The van der Waals surface area contributed by atoms with Crippen LogP contribution in [0.1, 0.15) is 0 Å². The first kappa shape index (κ1) is 73.3. The molecule has 0 spiro atoms. The van der Waals surface area contributed by atoms with Gasteiger partial charge in [0.25, 0.3) is 0 Å². The molecule has 23 heteroatoms. The van der Waals surface area contributed by atoms with E-state index in [1.807, 2.05) is 0 Å². The first-order valence-electron chi connectivity index (χ1n) is 28.6. The van der Waals surface area contributed by atoms with Crippen molar-refractivity contribution in [2.75, 3.05) is 0 Å². The van der Waals surface area contributed by atoms with Crippen molar-refractivity contribution < 1.29 is 37.4 Å². The average Bonchev–Trinajstić information content (AvgIpc) is 0.729. The molecule has 0 aliphatic heterocycles. The average molecular weight is 1390 g/mol. The largest absolute Gasteiger partial charge is 2.00 e. The number of hydrogen-bond acceptors (Lipinski definition) is 14. The SMILES string of the molecule is O=[N+]([O-])[O-].O=[N+]([O-])[O-].O=[N+]([O-])[O-].O=[N+]([O-])[O-].[Cu+2].c1ccc(P(=N[P+](c2ccccc2)(c2ccccc2)c2ccccc2)(c2ccccc2)c2ccccc2)cc1.c1ccc(P(=N[P+](c2ccccc2)(c2ccccc2)c2ccccc2)(c2ccccc2)c2ccccc2)cc1. The molecule has 0 atom stereocenters. The van der Waals surface area contributed by atoms with E-state index in [4.69, 9.17) is 70.3 Å². The number of benzene rings is 12. The second-order valence-corrected chi connectivity index (χ2v) is 32.4. The normalized spacial score (nSPS) is 10.5. The molecule has 481 valence electrons. The minimum atomic E-state index is -2.50. The minimum absolute atomic E-state index is 0. The summed E-state index contributed by atoms with van der Waals surface area (Å²) in [6.45, 7) is 0. The Hall–Kier alpha value is -10.7. The van der Waals surface area contributed by atoms with E-state index in [0.717, 1.165) is 0 Å². The Labute approximate surface area is 561 Å². The van der Waals surface area contributed by atoms with Crippen molar-refractivity contribution in [1.29, 1.82) is 0 Å². The Morgan fingerprint density at radius 2 is 0.295 bits per heavy atom. The second-order valence-electron chi connectivity index (χ2n) is 19.6. The smallest absolute Gasteiger partial charge is 0.356 e. The van der Waals surface area contributed by atoms with E-state index in [1.165, 1.54) is 63.7 Å². The first-order chi connectivity index (χ1) is 45.6. The summed E-state index contributed by atoms with van der Waals surface area (Å²) in [4.78, 5) is 33.0. The van der Waals surface area contributed by atoms with Crippen molar-refractivity contribution >= 4 is 92.6 Å². The third kappa shape index (κ3) is 19.2. The first-order valence-corrected chi connectivity index (χ1v) is 35.6. The number of hydrogen-bond donors (Lipinski definition) is 0. The third-order valence-electron chi connectivity index (χ3n) is 14.1. The molecule has 0 aliphatic carbocycles. The van der Waals surface area contributed by atoms with Gasteiger partial charge in [0.05, 0.1) is 20.3 Å². The summed E-state index contributed by atoms with van der Waals surface area (Å²) in [6, 6.07) is 131. The van der Waals surface area contributed by atoms with Crippen LogP contribution in [0, 0.1) is 61.3 Å². The molecule has 0 saturated carbocycles. The van der Waals surface area contributed by atoms with Gasteiger partial charge >= 0.3 is 17.1 Å². The van der Waals surface area contributed by atoms with Crippen LogP contribution in [-0.4, -0.2) is 20.3 Å². The topological polar surface area (TPSA) is 290 Å². The van der Waals surface area contributed by atoms with Crippen molar-refractivity contribution in [3.05, 3.63) is 425 Å². The van der Waals surface area contributed by atoms with Crippen molar-refractivity contribution in [2.45, 2.75) is 0 Å². The van der Waals surface area contributed by atoms with Gasteiger partial charge in [-0.2, -0.15) is 0 Å². The Morgan fingerprint density at radius 1 is 0.200 bits per heavy atom. The Balaban J connectivity index is 0.000000243. The molecule has 0 fully saturated rings. The minimum Gasteiger partial charge on any atom is -0.356 e. The molecule has 18 nitrogen and oxygen atoms in total. The standard InChI is InChI=1S/2C36H30NP2.Cu.4NO3/c2*1-7-19-31(20-8-1)38(32-21-9-2-10-22-32,33-23-11-3-12-24-33)37-39(34-25-13-4-14-26-34,35-27-15-5-16-28-35)36-29-17-6-18-30-36;;4*2-1(3)4/h2*1-30H;;;;;/q2*+1;+2;4*-1. The van der Waals surface area contributed by atoms with E-state index in [-0.39, 0.29) is 17.1 Å². The van der Waals surface area contributed by atoms with Gasteiger partial charge in [-0.1, -0.05) is 291 Å². The zero-order valence-electron chi connectivity index (χ0n) is 50.3. The van der Waals surface area contributed by atoms with E-state index in [9.17, 15) is 0 Å². The molecule has 0 heterocycles. The van der Waals surface area contributed by atoms with Crippen molar-refractivity contribution in [3.63, 3.8) is 0 Å². The van der Waals surface area contributed by atoms with Crippen LogP contribution in [0.3, 0.4) is 0 Å². The summed E-state index contributed by atoms with van der Waals surface area (Å²) in [6.07, 6.45) is 0. The van der Waals surface area contributed by atoms with Crippen LogP contribution in [0.15, 0.2) is 373 Å². The molecule has 12 aromatic rings. The molecule has 95 heavy (non-hydrogen) atoms. The zero-order chi connectivity index (χ0) is 67.1. The van der Waals surface area contributed by atoms with E-state index in [2.05, 4.69) is 364 Å². The number of nitrogens with zero attached hydrogens (tertiary/aromatic N) is 6. The molecular formula is C72H60CuN6O12P4. The summed E-state index contributed by atoms with van der Waals surface area (Å²) in [7, 11) is -9.99. The van der Waals surface area contributed by atoms with Gasteiger partial charge in [-0.05, 0) is 72.8 Å². The fraction of sp³-hybridized carbons (Fsp3) is 0. The molecule has 0 N–H and O–H groups in total. The molecule has 12 rings (SSSR count). The maximum Gasteiger partial charge on any atom is 2.00 e. The Morgan fingerprint density at radius 3 is 0.400 bits per heavy atom. The van der Waals surface area contributed by atoms with Crippen molar-refractivity contribution in [1.82, 2.24) is 0 Å². The maximum atomic E-state index is 8.25. The maximum absolute atomic E-state index is 8.25. The molecule has 0 saturated heterocycles. The summed E-state index contributed by atoms with van der Waals surface area (Å²) in [5, 5.41) is 74.1. The van der Waals surface area contributed by atoms with E-state index < -0.39 is 49.3 Å². The van der Waals surface area contributed by atoms with E-state index in [1.54, 1.807) is 0 Å². The fourth-order valence-corrected chi connectivity index (χ4v) is 29.5. The van der Waals surface area contributed by atoms with Crippen LogP contribution < -0.4 is 63.7 Å². The summed E-state index contributed by atoms with van der Waals surface area (Å²) >= 11 is 0. The van der Waals surface area contributed by atoms with Crippen molar-refractivity contribution in [3.8, 4) is 0 Å². The van der Waals surface area contributed by atoms with Crippen molar-refractivity contribution in [2.24, 2.45) is 9.03 Å². The van der Waals surface area contributed by atoms with E-state index in [0.29, 0.717) is 0 Å². The number of rotatable bonds is 14. The molecule has 0 unspecified atom stereocenters. The Kier molecular flexibility index (Phi) is 28.6. The molecule has 0 aliphatic rings. The molecular weight excluding hydrogens is 1330 g/mol. The van der Waals surface area contributed by atoms with Gasteiger partial charge in [-0.15, -0.1) is 9.03 Å². The van der Waals surface area contributed by atoms with Crippen LogP contribution in [0.2, 0.25) is 0 Å². The van der Waals surface area contributed by atoms with Gasteiger partial charge in [0.15, 0.2) is 0 Å². The van der Waals surface area contributed by atoms with Gasteiger partial charge in [0.1, 0.15) is 45.9 Å².